The Morgan fingerprint density at radius 3 is 2.68 bits per heavy atom. The number of carboxylic acids is 1. The molecule has 0 aliphatic heterocycles. The maximum absolute atomic E-state index is 11.1. The maximum atomic E-state index is 11.1. The number of phenols is 1. The second kappa shape index (κ2) is 4.12. The van der Waals surface area contributed by atoms with Crippen LogP contribution >= 0.6 is 0 Å². The van der Waals surface area contributed by atoms with E-state index in [2.05, 4.69) is 5.10 Å². The molecule has 1 heterocycles. The molecular weight excluding hydrogens is 244 g/mol. The summed E-state index contributed by atoms with van der Waals surface area (Å²) in [6.07, 6.45) is 2.14. The van der Waals surface area contributed by atoms with Gasteiger partial charge in [0, 0.05) is 11.6 Å². The van der Waals surface area contributed by atoms with Crippen LogP contribution in [-0.4, -0.2) is 26.0 Å². The lowest BCUT2D eigenvalue weighted by atomic mass is 10.2. The average Bonchev–Trinajstić information content (AvgIpc) is 3.09. The van der Waals surface area contributed by atoms with Crippen LogP contribution in [0.4, 0.5) is 0 Å². The third-order valence-electron chi connectivity index (χ3n) is 3.36. The largest absolute Gasteiger partial charge is 0.508 e. The molecule has 1 aliphatic rings. The summed E-state index contributed by atoms with van der Waals surface area (Å²) < 4.78 is 1.69. The molecule has 0 saturated heterocycles. The minimum atomic E-state index is -1.02. The van der Waals surface area contributed by atoms with E-state index in [0.717, 1.165) is 29.8 Å². The highest BCUT2D eigenvalue weighted by molar-refractivity contribution is 5.85. The second-order valence-electron chi connectivity index (χ2n) is 4.92. The van der Waals surface area contributed by atoms with Crippen molar-refractivity contribution in [1.29, 1.82) is 0 Å². The monoisotopic (exact) mass is 258 g/mol. The molecule has 19 heavy (non-hydrogen) atoms. The van der Waals surface area contributed by atoms with Crippen molar-refractivity contribution in [2.24, 2.45) is 0 Å². The molecular formula is C14H14N2O3. The number of aryl methyl sites for hydroxylation is 1. The molecule has 2 N–H and O–H groups in total. The Hall–Kier alpha value is -2.30. The van der Waals surface area contributed by atoms with Gasteiger partial charge in [-0.2, -0.15) is 5.10 Å². The first-order valence-corrected chi connectivity index (χ1v) is 6.19. The Labute approximate surface area is 110 Å². The molecule has 5 heteroatoms. The van der Waals surface area contributed by atoms with E-state index in [1.165, 1.54) is 0 Å². The maximum Gasteiger partial charge on any atom is 0.356 e. The predicted molar refractivity (Wildman–Crippen MR) is 68.9 cm³/mol. The van der Waals surface area contributed by atoms with Crippen LogP contribution in [0.25, 0.3) is 5.69 Å². The zero-order chi connectivity index (χ0) is 13.6. The highest BCUT2D eigenvalue weighted by Gasteiger charge is 2.30. The normalized spacial score (nSPS) is 14.6. The van der Waals surface area contributed by atoms with Crippen molar-refractivity contribution < 1.29 is 15.0 Å². The zero-order valence-corrected chi connectivity index (χ0v) is 10.5. The van der Waals surface area contributed by atoms with E-state index >= 15 is 0 Å². The van der Waals surface area contributed by atoms with Crippen molar-refractivity contribution in [3.05, 3.63) is 41.2 Å². The van der Waals surface area contributed by atoms with Gasteiger partial charge >= 0.3 is 5.97 Å². The van der Waals surface area contributed by atoms with E-state index in [9.17, 15) is 9.90 Å². The summed E-state index contributed by atoms with van der Waals surface area (Å²) in [7, 11) is 0. The molecule has 0 amide bonds. The van der Waals surface area contributed by atoms with Crippen LogP contribution in [0.1, 0.15) is 40.5 Å². The highest BCUT2D eigenvalue weighted by atomic mass is 16.4. The molecule has 1 aromatic carbocycles. The standard InChI is InChI=1S/C14H14N2O3/c1-8-6-10(17)4-5-12(8)16-13(9-2-3-9)7-11(15-16)14(18)19/h4-7,9,17H,2-3H2,1H3,(H,18,19). The van der Waals surface area contributed by atoms with Gasteiger partial charge in [-0.3, -0.25) is 0 Å². The molecule has 0 bridgehead atoms. The van der Waals surface area contributed by atoms with Crippen molar-refractivity contribution in [3.8, 4) is 11.4 Å². The van der Waals surface area contributed by atoms with Crippen molar-refractivity contribution in [2.45, 2.75) is 25.7 Å². The summed E-state index contributed by atoms with van der Waals surface area (Å²) in [4.78, 5) is 11.1. The Bertz CT molecular complexity index is 657. The summed E-state index contributed by atoms with van der Waals surface area (Å²) in [5.41, 5.74) is 2.68. The minimum absolute atomic E-state index is 0.0642. The zero-order valence-electron chi connectivity index (χ0n) is 10.5. The molecule has 2 aromatic rings. The third-order valence-corrected chi connectivity index (χ3v) is 3.36. The smallest absolute Gasteiger partial charge is 0.356 e. The number of rotatable bonds is 3. The van der Waals surface area contributed by atoms with Gasteiger partial charge in [0.25, 0.3) is 0 Å². The number of carbonyl (C=O) groups is 1. The van der Waals surface area contributed by atoms with Crippen LogP contribution in [0.5, 0.6) is 5.75 Å². The Kier molecular flexibility index (Phi) is 2.55. The number of benzene rings is 1. The van der Waals surface area contributed by atoms with Crippen molar-refractivity contribution in [3.63, 3.8) is 0 Å². The summed E-state index contributed by atoms with van der Waals surface area (Å²) in [6.45, 7) is 1.87. The Balaban J connectivity index is 2.15. The van der Waals surface area contributed by atoms with Gasteiger partial charge in [-0.05, 0) is 49.6 Å². The number of aromatic hydroxyl groups is 1. The number of aromatic carboxylic acids is 1. The lowest BCUT2D eigenvalue weighted by Crippen LogP contribution is -2.04. The van der Waals surface area contributed by atoms with Crippen molar-refractivity contribution in [2.75, 3.05) is 0 Å². The molecule has 1 saturated carbocycles. The van der Waals surface area contributed by atoms with Gasteiger partial charge in [0.2, 0.25) is 0 Å². The van der Waals surface area contributed by atoms with Crippen LogP contribution in [0.3, 0.4) is 0 Å². The molecule has 1 fully saturated rings. The van der Waals surface area contributed by atoms with Gasteiger partial charge < -0.3 is 10.2 Å². The number of phenolic OH excluding ortho intramolecular Hbond substituents is 1. The quantitative estimate of drug-likeness (QED) is 0.886. The third kappa shape index (κ3) is 2.07. The average molecular weight is 258 g/mol. The van der Waals surface area contributed by atoms with Crippen LogP contribution in [0.2, 0.25) is 0 Å². The van der Waals surface area contributed by atoms with Gasteiger partial charge in [-0.15, -0.1) is 0 Å². The molecule has 3 rings (SSSR count). The fourth-order valence-corrected chi connectivity index (χ4v) is 2.24. The van der Waals surface area contributed by atoms with Crippen LogP contribution in [-0.2, 0) is 0 Å². The number of nitrogens with zero attached hydrogens (tertiary/aromatic N) is 2. The van der Waals surface area contributed by atoms with E-state index in [-0.39, 0.29) is 11.4 Å². The number of aromatic nitrogens is 2. The van der Waals surface area contributed by atoms with E-state index in [0.29, 0.717) is 5.92 Å². The summed E-state index contributed by atoms with van der Waals surface area (Å²) in [6, 6.07) is 6.64. The van der Waals surface area contributed by atoms with E-state index < -0.39 is 5.97 Å². The van der Waals surface area contributed by atoms with E-state index in [1.54, 1.807) is 28.9 Å². The lowest BCUT2D eigenvalue weighted by Gasteiger charge is -2.09. The molecule has 0 radical (unpaired) electrons. The first-order chi connectivity index (χ1) is 9.06. The van der Waals surface area contributed by atoms with Crippen LogP contribution < -0.4 is 0 Å². The van der Waals surface area contributed by atoms with Gasteiger partial charge in [-0.25, -0.2) is 9.48 Å². The highest BCUT2D eigenvalue weighted by Crippen LogP contribution is 2.41. The molecule has 1 aromatic heterocycles. The van der Waals surface area contributed by atoms with Gasteiger partial charge in [0.1, 0.15) is 5.75 Å². The molecule has 0 unspecified atom stereocenters. The summed E-state index contributed by atoms with van der Waals surface area (Å²) >= 11 is 0. The van der Waals surface area contributed by atoms with Gasteiger partial charge in [0.05, 0.1) is 5.69 Å². The lowest BCUT2D eigenvalue weighted by molar-refractivity contribution is 0.0690. The first-order valence-electron chi connectivity index (χ1n) is 6.19. The Morgan fingerprint density at radius 1 is 1.37 bits per heavy atom. The molecule has 5 nitrogen and oxygen atoms in total. The summed E-state index contributed by atoms with van der Waals surface area (Å²) in [5.74, 6) is -0.425. The van der Waals surface area contributed by atoms with E-state index in [1.807, 2.05) is 6.92 Å². The van der Waals surface area contributed by atoms with E-state index in [4.69, 9.17) is 5.11 Å². The topological polar surface area (TPSA) is 75.3 Å². The molecule has 0 spiro atoms. The molecule has 0 atom stereocenters. The SMILES string of the molecule is Cc1cc(O)ccc1-n1nc(C(=O)O)cc1C1CC1. The van der Waals surface area contributed by atoms with Crippen molar-refractivity contribution in [1.82, 2.24) is 9.78 Å². The minimum Gasteiger partial charge on any atom is -0.508 e. The predicted octanol–water partition coefficient (Wildman–Crippen LogP) is 2.46. The van der Waals surface area contributed by atoms with Crippen molar-refractivity contribution >= 4 is 5.97 Å². The van der Waals surface area contributed by atoms with Crippen LogP contribution in [0.15, 0.2) is 24.3 Å². The fourth-order valence-electron chi connectivity index (χ4n) is 2.24. The molecule has 98 valence electrons. The first kappa shape index (κ1) is 11.8. The number of hydrogen-bond acceptors (Lipinski definition) is 3. The molecule has 1 aliphatic carbocycles. The second-order valence-corrected chi connectivity index (χ2v) is 4.92. The number of hydrogen-bond donors (Lipinski definition) is 2. The van der Waals surface area contributed by atoms with Gasteiger partial charge in [0.15, 0.2) is 5.69 Å². The Morgan fingerprint density at radius 2 is 2.11 bits per heavy atom. The number of carboxylic acid groups (broad SMARTS) is 1. The van der Waals surface area contributed by atoms with Crippen LogP contribution in [0, 0.1) is 6.92 Å². The summed E-state index contributed by atoms with van der Waals surface area (Å²) in [5, 5.41) is 22.7. The fraction of sp³-hybridized carbons (Fsp3) is 0.286. The van der Waals surface area contributed by atoms with Gasteiger partial charge in [-0.1, -0.05) is 0 Å².